The Kier molecular flexibility index (Phi) is 6.06. The molecule has 0 saturated carbocycles. The molecule has 6 heteroatoms. The number of benzene rings is 2. The maximum Gasteiger partial charge on any atom is 0.224 e. The lowest BCUT2D eigenvalue weighted by molar-refractivity contribution is -0.120. The summed E-state index contributed by atoms with van der Waals surface area (Å²) in [6, 6.07) is 11.0. The van der Waals surface area contributed by atoms with Crippen LogP contribution < -0.4 is 10.1 Å². The fraction of sp³-hybridized carbons (Fsp3) is 0.381. The quantitative estimate of drug-likeness (QED) is 0.842. The first kappa shape index (κ1) is 19.3. The van der Waals surface area contributed by atoms with Gasteiger partial charge >= 0.3 is 0 Å². The molecule has 27 heavy (non-hydrogen) atoms. The number of amides is 1. The van der Waals surface area contributed by atoms with Gasteiger partial charge in [-0.1, -0.05) is 18.2 Å². The molecule has 2 aromatic carbocycles. The van der Waals surface area contributed by atoms with Crippen molar-refractivity contribution in [1.82, 2.24) is 5.32 Å². The van der Waals surface area contributed by atoms with Crippen LogP contribution in [0.3, 0.4) is 0 Å². The molecule has 144 valence electrons. The predicted octanol–water partition coefficient (Wildman–Crippen LogP) is 3.38. The van der Waals surface area contributed by atoms with E-state index in [9.17, 15) is 13.6 Å². The first-order valence-corrected chi connectivity index (χ1v) is 8.95. The van der Waals surface area contributed by atoms with E-state index in [2.05, 4.69) is 5.32 Å². The third-order valence-electron chi connectivity index (χ3n) is 5.09. The lowest BCUT2D eigenvalue weighted by atomic mass is 9.74. The van der Waals surface area contributed by atoms with Crippen molar-refractivity contribution in [3.8, 4) is 5.75 Å². The first-order chi connectivity index (χ1) is 13.0. The predicted molar refractivity (Wildman–Crippen MR) is 97.8 cm³/mol. The summed E-state index contributed by atoms with van der Waals surface area (Å²) in [5.41, 5.74) is 1.07. The lowest BCUT2D eigenvalue weighted by Gasteiger charge is -2.38. The van der Waals surface area contributed by atoms with Gasteiger partial charge in [-0.3, -0.25) is 4.79 Å². The van der Waals surface area contributed by atoms with Crippen LogP contribution in [0.2, 0.25) is 0 Å². The van der Waals surface area contributed by atoms with Gasteiger partial charge in [0.05, 0.1) is 13.5 Å². The third-order valence-corrected chi connectivity index (χ3v) is 5.09. The molecule has 1 heterocycles. The molecule has 1 N–H and O–H groups in total. The van der Waals surface area contributed by atoms with Gasteiger partial charge in [-0.05, 0) is 48.2 Å². The molecular formula is C21H23F2NO3. The second-order valence-electron chi connectivity index (χ2n) is 6.83. The van der Waals surface area contributed by atoms with Crippen molar-refractivity contribution in [2.75, 3.05) is 26.9 Å². The number of carbonyl (C=O) groups excluding carboxylic acids is 1. The maximum absolute atomic E-state index is 13.8. The summed E-state index contributed by atoms with van der Waals surface area (Å²) >= 11 is 0. The van der Waals surface area contributed by atoms with E-state index in [1.54, 1.807) is 12.1 Å². The molecule has 1 fully saturated rings. The van der Waals surface area contributed by atoms with Crippen molar-refractivity contribution in [2.24, 2.45) is 0 Å². The van der Waals surface area contributed by atoms with Crippen molar-refractivity contribution in [3.63, 3.8) is 0 Å². The summed E-state index contributed by atoms with van der Waals surface area (Å²) in [5, 5.41) is 2.94. The highest BCUT2D eigenvalue weighted by Gasteiger charge is 2.35. The molecule has 0 spiro atoms. The minimum absolute atomic E-state index is 0.0661. The maximum atomic E-state index is 13.8. The highest BCUT2D eigenvalue weighted by Crippen LogP contribution is 2.34. The topological polar surface area (TPSA) is 47.6 Å². The zero-order valence-corrected chi connectivity index (χ0v) is 15.3. The Morgan fingerprint density at radius 3 is 2.63 bits per heavy atom. The summed E-state index contributed by atoms with van der Waals surface area (Å²) in [7, 11) is 1.39. The molecule has 0 atom stereocenters. The average molecular weight is 375 g/mol. The molecule has 0 unspecified atom stereocenters. The fourth-order valence-electron chi connectivity index (χ4n) is 3.48. The van der Waals surface area contributed by atoms with Crippen LogP contribution in [0.15, 0.2) is 42.5 Å². The molecule has 0 radical (unpaired) electrons. The van der Waals surface area contributed by atoms with Gasteiger partial charge in [-0.15, -0.1) is 0 Å². The van der Waals surface area contributed by atoms with E-state index in [1.165, 1.54) is 31.4 Å². The van der Waals surface area contributed by atoms with Gasteiger partial charge in [0, 0.05) is 25.2 Å². The summed E-state index contributed by atoms with van der Waals surface area (Å²) < 4.78 is 37.8. The summed E-state index contributed by atoms with van der Waals surface area (Å²) in [4.78, 5) is 12.4. The van der Waals surface area contributed by atoms with Gasteiger partial charge < -0.3 is 14.8 Å². The van der Waals surface area contributed by atoms with E-state index >= 15 is 0 Å². The minimum atomic E-state index is -0.497. The van der Waals surface area contributed by atoms with Crippen molar-refractivity contribution in [1.29, 1.82) is 0 Å². The monoisotopic (exact) mass is 375 g/mol. The Hall–Kier alpha value is -2.47. The number of nitrogens with one attached hydrogen (secondary N) is 1. The van der Waals surface area contributed by atoms with E-state index in [4.69, 9.17) is 9.47 Å². The molecule has 1 aliphatic heterocycles. The van der Waals surface area contributed by atoms with Crippen LogP contribution in [0.25, 0.3) is 0 Å². The molecule has 4 nitrogen and oxygen atoms in total. The standard InChI is InChI=1S/C21H23F2NO3/c1-26-19-6-5-15(11-18(19)23)12-20(25)24-14-21(7-9-27-10-8-21)16-3-2-4-17(22)13-16/h2-6,11,13H,7-10,12,14H2,1H3,(H,24,25). The number of ether oxygens (including phenoxy) is 2. The largest absolute Gasteiger partial charge is 0.494 e. The van der Waals surface area contributed by atoms with Gasteiger partial charge in [0.1, 0.15) is 5.82 Å². The molecule has 1 saturated heterocycles. The Labute approximate surface area is 157 Å². The summed E-state index contributed by atoms with van der Waals surface area (Å²) in [5.74, 6) is -0.852. The fourth-order valence-corrected chi connectivity index (χ4v) is 3.48. The molecule has 2 aromatic rings. The van der Waals surface area contributed by atoms with Gasteiger partial charge in [0.15, 0.2) is 11.6 Å². The molecular weight excluding hydrogens is 352 g/mol. The number of rotatable bonds is 6. The Morgan fingerprint density at radius 2 is 1.96 bits per heavy atom. The van der Waals surface area contributed by atoms with Gasteiger partial charge in [0.25, 0.3) is 0 Å². The Bertz CT molecular complexity index is 804. The van der Waals surface area contributed by atoms with Crippen LogP contribution in [0.5, 0.6) is 5.75 Å². The number of hydrogen-bond donors (Lipinski definition) is 1. The first-order valence-electron chi connectivity index (χ1n) is 8.95. The van der Waals surface area contributed by atoms with E-state index in [-0.39, 0.29) is 29.3 Å². The lowest BCUT2D eigenvalue weighted by Crippen LogP contribution is -2.45. The Morgan fingerprint density at radius 1 is 1.19 bits per heavy atom. The van der Waals surface area contributed by atoms with E-state index in [0.29, 0.717) is 38.2 Å². The van der Waals surface area contributed by atoms with Crippen molar-refractivity contribution < 1.29 is 23.0 Å². The van der Waals surface area contributed by atoms with Crippen LogP contribution >= 0.6 is 0 Å². The van der Waals surface area contributed by atoms with Crippen LogP contribution in [-0.2, 0) is 21.4 Å². The zero-order valence-electron chi connectivity index (χ0n) is 15.3. The van der Waals surface area contributed by atoms with E-state index in [0.717, 1.165) is 5.56 Å². The van der Waals surface area contributed by atoms with Gasteiger partial charge in [-0.25, -0.2) is 8.78 Å². The second kappa shape index (κ2) is 8.48. The summed E-state index contributed by atoms with van der Waals surface area (Å²) in [6.45, 7) is 1.52. The van der Waals surface area contributed by atoms with Gasteiger partial charge in [0.2, 0.25) is 5.91 Å². The number of methoxy groups -OCH3 is 1. The number of hydrogen-bond acceptors (Lipinski definition) is 3. The minimum Gasteiger partial charge on any atom is -0.494 e. The van der Waals surface area contributed by atoms with Crippen LogP contribution in [0, 0.1) is 11.6 Å². The van der Waals surface area contributed by atoms with Crippen molar-refractivity contribution in [3.05, 3.63) is 65.2 Å². The van der Waals surface area contributed by atoms with Crippen molar-refractivity contribution >= 4 is 5.91 Å². The second-order valence-corrected chi connectivity index (χ2v) is 6.83. The molecule has 0 bridgehead atoms. The summed E-state index contributed by atoms with van der Waals surface area (Å²) in [6.07, 6.45) is 1.47. The molecule has 3 rings (SSSR count). The van der Waals surface area contributed by atoms with E-state index < -0.39 is 5.82 Å². The van der Waals surface area contributed by atoms with E-state index in [1.807, 2.05) is 6.07 Å². The SMILES string of the molecule is COc1ccc(CC(=O)NCC2(c3cccc(F)c3)CCOCC2)cc1F. The molecule has 1 aliphatic rings. The van der Waals surface area contributed by atoms with Gasteiger partial charge in [-0.2, -0.15) is 0 Å². The molecule has 0 aliphatic carbocycles. The smallest absolute Gasteiger partial charge is 0.224 e. The third kappa shape index (κ3) is 4.63. The highest BCUT2D eigenvalue weighted by molar-refractivity contribution is 5.78. The zero-order chi connectivity index (χ0) is 19.3. The molecule has 0 aromatic heterocycles. The number of carbonyl (C=O) groups is 1. The normalized spacial score (nSPS) is 16.0. The van der Waals surface area contributed by atoms with Crippen LogP contribution in [-0.4, -0.2) is 32.8 Å². The number of halogens is 2. The Balaban J connectivity index is 1.68. The highest BCUT2D eigenvalue weighted by atomic mass is 19.1. The van der Waals surface area contributed by atoms with Crippen LogP contribution in [0.1, 0.15) is 24.0 Å². The average Bonchev–Trinajstić information content (AvgIpc) is 2.67. The van der Waals surface area contributed by atoms with Crippen molar-refractivity contribution in [2.45, 2.75) is 24.7 Å². The molecule has 1 amide bonds. The van der Waals surface area contributed by atoms with Crippen LogP contribution in [0.4, 0.5) is 8.78 Å².